The molecule has 0 aliphatic carbocycles. The van der Waals surface area contributed by atoms with Gasteiger partial charge in [-0.2, -0.15) is 13.2 Å². The van der Waals surface area contributed by atoms with Crippen LogP contribution in [0.4, 0.5) is 13.2 Å². The van der Waals surface area contributed by atoms with Gasteiger partial charge in [0.25, 0.3) is 0 Å². The van der Waals surface area contributed by atoms with E-state index in [0.29, 0.717) is 17.9 Å². The Morgan fingerprint density at radius 2 is 1.76 bits per heavy atom. The van der Waals surface area contributed by atoms with Gasteiger partial charge in [-0.3, -0.25) is 4.90 Å². The molecule has 0 aliphatic rings. The molecule has 1 aromatic heterocycles. The predicted octanol–water partition coefficient (Wildman–Crippen LogP) is 2.65. The molecule has 0 saturated carbocycles. The smallest absolute Gasteiger partial charge is 0.298 e. The van der Waals surface area contributed by atoms with Crippen molar-refractivity contribution in [3.8, 4) is 0 Å². The minimum atomic E-state index is -4.48. The standard InChI is InChI=1S/C11H16F3N3/c1-4-17(5-2)7-9-6-8(3)15-10(16-9)11(12,13)14/h6H,4-5,7H2,1-3H3. The van der Waals surface area contributed by atoms with Gasteiger partial charge in [-0.05, 0) is 26.1 Å². The summed E-state index contributed by atoms with van der Waals surface area (Å²) < 4.78 is 37.5. The maximum atomic E-state index is 12.5. The highest BCUT2D eigenvalue weighted by Crippen LogP contribution is 2.26. The van der Waals surface area contributed by atoms with Crippen LogP contribution in [0.2, 0.25) is 0 Å². The highest BCUT2D eigenvalue weighted by atomic mass is 19.4. The molecular formula is C11H16F3N3. The number of alkyl halides is 3. The summed E-state index contributed by atoms with van der Waals surface area (Å²) in [5, 5.41) is 0. The summed E-state index contributed by atoms with van der Waals surface area (Å²) in [6.45, 7) is 7.44. The van der Waals surface area contributed by atoms with E-state index in [1.54, 1.807) is 13.0 Å². The van der Waals surface area contributed by atoms with Crippen LogP contribution in [0.15, 0.2) is 6.07 Å². The first-order valence-electron chi connectivity index (χ1n) is 5.51. The van der Waals surface area contributed by atoms with E-state index in [2.05, 4.69) is 9.97 Å². The Morgan fingerprint density at radius 1 is 1.18 bits per heavy atom. The zero-order valence-corrected chi connectivity index (χ0v) is 10.2. The molecule has 96 valence electrons. The first kappa shape index (κ1) is 13.9. The zero-order chi connectivity index (χ0) is 13.1. The van der Waals surface area contributed by atoms with Crippen LogP contribution >= 0.6 is 0 Å². The predicted molar refractivity (Wildman–Crippen MR) is 58.4 cm³/mol. The lowest BCUT2D eigenvalue weighted by atomic mass is 10.3. The van der Waals surface area contributed by atoms with E-state index < -0.39 is 12.0 Å². The monoisotopic (exact) mass is 247 g/mol. The van der Waals surface area contributed by atoms with E-state index in [1.807, 2.05) is 18.7 Å². The summed E-state index contributed by atoms with van der Waals surface area (Å²) in [6, 6.07) is 1.59. The van der Waals surface area contributed by atoms with Crippen LogP contribution in [0.3, 0.4) is 0 Å². The van der Waals surface area contributed by atoms with E-state index >= 15 is 0 Å². The first-order valence-corrected chi connectivity index (χ1v) is 5.51. The molecule has 1 rings (SSSR count). The second-order valence-electron chi connectivity index (χ2n) is 3.78. The quantitative estimate of drug-likeness (QED) is 0.819. The largest absolute Gasteiger partial charge is 0.451 e. The summed E-state index contributed by atoms with van der Waals surface area (Å²) in [4.78, 5) is 8.97. The van der Waals surface area contributed by atoms with Gasteiger partial charge in [-0.15, -0.1) is 0 Å². The number of hydrogen-bond acceptors (Lipinski definition) is 3. The van der Waals surface area contributed by atoms with Crippen molar-refractivity contribution in [2.45, 2.75) is 33.5 Å². The molecule has 17 heavy (non-hydrogen) atoms. The van der Waals surface area contributed by atoms with Gasteiger partial charge in [-0.1, -0.05) is 13.8 Å². The molecule has 0 unspecified atom stereocenters. The van der Waals surface area contributed by atoms with Crippen LogP contribution in [0.5, 0.6) is 0 Å². The fourth-order valence-electron chi connectivity index (χ4n) is 1.52. The van der Waals surface area contributed by atoms with E-state index in [1.165, 1.54) is 0 Å². The molecule has 0 bridgehead atoms. The van der Waals surface area contributed by atoms with Crippen LogP contribution < -0.4 is 0 Å². The molecule has 1 aromatic rings. The Kier molecular flexibility index (Phi) is 4.45. The number of nitrogens with zero attached hydrogens (tertiary/aromatic N) is 3. The van der Waals surface area contributed by atoms with Gasteiger partial charge >= 0.3 is 6.18 Å². The topological polar surface area (TPSA) is 29.0 Å². The van der Waals surface area contributed by atoms with Gasteiger partial charge in [0.1, 0.15) is 0 Å². The molecule has 0 atom stereocenters. The van der Waals surface area contributed by atoms with Crippen molar-refractivity contribution in [2.75, 3.05) is 13.1 Å². The Bertz CT molecular complexity index is 373. The van der Waals surface area contributed by atoms with Crippen LogP contribution in [-0.4, -0.2) is 28.0 Å². The Hall–Kier alpha value is -1.17. The number of halogens is 3. The van der Waals surface area contributed by atoms with Crippen molar-refractivity contribution in [3.63, 3.8) is 0 Å². The van der Waals surface area contributed by atoms with Gasteiger partial charge in [0.05, 0.1) is 5.69 Å². The number of hydrogen-bond donors (Lipinski definition) is 0. The maximum Gasteiger partial charge on any atom is 0.451 e. The van der Waals surface area contributed by atoms with Gasteiger partial charge in [-0.25, -0.2) is 9.97 Å². The lowest BCUT2D eigenvalue weighted by Gasteiger charge is -2.18. The van der Waals surface area contributed by atoms with Gasteiger partial charge in [0, 0.05) is 12.2 Å². The third kappa shape index (κ3) is 3.96. The minimum Gasteiger partial charge on any atom is -0.298 e. The Morgan fingerprint density at radius 3 is 2.24 bits per heavy atom. The Balaban J connectivity index is 2.97. The average molecular weight is 247 g/mol. The van der Waals surface area contributed by atoms with Crippen molar-refractivity contribution in [1.29, 1.82) is 0 Å². The second kappa shape index (κ2) is 5.44. The SMILES string of the molecule is CCN(CC)Cc1cc(C)nc(C(F)(F)F)n1. The summed E-state index contributed by atoms with van der Waals surface area (Å²) in [6.07, 6.45) is -4.48. The van der Waals surface area contributed by atoms with Gasteiger partial charge < -0.3 is 0 Å². The average Bonchev–Trinajstić information content (AvgIpc) is 2.24. The molecule has 1 heterocycles. The lowest BCUT2D eigenvalue weighted by molar-refractivity contribution is -0.145. The summed E-state index contributed by atoms with van der Waals surface area (Å²) in [5.41, 5.74) is 0.753. The fourth-order valence-corrected chi connectivity index (χ4v) is 1.52. The van der Waals surface area contributed by atoms with Crippen molar-refractivity contribution in [3.05, 3.63) is 23.3 Å². The molecule has 0 aromatic carbocycles. The molecule has 3 nitrogen and oxygen atoms in total. The van der Waals surface area contributed by atoms with Crippen molar-refractivity contribution in [1.82, 2.24) is 14.9 Å². The number of rotatable bonds is 4. The molecule has 0 saturated heterocycles. The van der Waals surface area contributed by atoms with Crippen molar-refractivity contribution in [2.24, 2.45) is 0 Å². The first-order chi connectivity index (χ1) is 7.86. The van der Waals surface area contributed by atoms with Gasteiger partial charge in [0.2, 0.25) is 5.82 Å². The zero-order valence-electron chi connectivity index (χ0n) is 10.2. The van der Waals surface area contributed by atoms with E-state index in [0.717, 1.165) is 13.1 Å². The molecule has 0 fully saturated rings. The number of aromatic nitrogens is 2. The second-order valence-corrected chi connectivity index (χ2v) is 3.78. The fraction of sp³-hybridized carbons (Fsp3) is 0.636. The minimum absolute atomic E-state index is 0.342. The maximum absolute atomic E-state index is 12.5. The third-order valence-electron chi connectivity index (χ3n) is 2.44. The molecule has 0 radical (unpaired) electrons. The van der Waals surface area contributed by atoms with Crippen molar-refractivity contribution < 1.29 is 13.2 Å². The van der Waals surface area contributed by atoms with Crippen LogP contribution in [-0.2, 0) is 12.7 Å². The van der Waals surface area contributed by atoms with Crippen LogP contribution in [0, 0.1) is 6.92 Å². The highest BCUT2D eigenvalue weighted by Gasteiger charge is 2.35. The molecular weight excluding hydrogens is 231 g/mol. The molecule has 0 N–H and O–H groups in total. The summed E-state index contributed by atoms with van der Waals surface area (Å²) in [5.74, 6) is -1.06. The van der Waals surface area contributed by atoms with Crippen LogP contribution in [0.1, 0.15) is 31.1 Å². The highest BCUT2D eigenvalue weighted by molar-refractivity contribution is 5.11. The Labute approximate surface area is 98.7 Å². The van der Waals surface area contributed by atoms with E-state index in [4.69, 9.17) is 0 Å². The molecule has 0 amide bonds. The van der Waals surface area contributed by atoms with Gasteiger partial charge in [0.15, 0.2) is 0 Å². The third-order valence-corrected chi connectivity index (χ3v) is 2.44. The lowest BCUT2D eigenvalue weighted by Crippen LogP contribution is -2.24. The normalized spacial score (nSPS) is 12.2. The molecule has 0 aliphatic heterocycles. The van der Waals surface area contributed by atoms with Crippen molar-refractivity contribution >= 4 is 0 Å². The van der Waals surface area contributed by atoms with E-state index in [9.17, 15) is 13.2 Å². The summed E-state index contributed by atoms with van der Waals surface area (Å²) >= 11 is 0. The van der Waals surface area contributed by atoms with E-state index in [-0.39, 0.29) is 0 Å². The summed E-state index contributed by atoms with van der Waals surface area (Å²) in [7, 11) is 0. The number of aryl methyl sites for hydroxylation is 1. The van der Waals surface area contributed by atoms with Crippen LogP contribution in [0.25, 0.3) is 0 Å². The molecule has 0 spiro atoms. The molecule has 6 heteroatoms.